The highest BCUT2D eigenvalue weighted by molar-refractivity contribution is 6.73. The van der Waals surface area contributed by atoms with E-state index in [9.17, 15) is 12.9 Å². The van der Waals surface area contributed by atoms with Crippen molar-refractivity contribution in [1.82, 2.24) is 0 Å². The lowest BCUT2D eigenvalue weighted by Gasteiger charge is -2.14. The lowest BCUT2D eigenvalue weighted by Crippen LogP contribution is -2.33. The van der Waals surface area contributed by atoms with E-state index in [1.807, 2.05) is 42.5 Å². The molecule has 0 aliphatic carbocycles. The summed E-state index contributed by atoms with van der Waals surface area (Å²) < 4.78 is 37.3. The van der Waals surface area contributed by atoms with Crippen molar-refractivity contribution < 1.29 is 12.9 Å². The third-order valence-electron chi connectivity index (χ3n) is 2.80. The molecule has 0 amide bonds. The summed E-state index contributed by atoms with van der Waals surface area (Å²) >= 11 is 0. The van der Waals surface area contributed by atoms with E-state index in [0.717, 1.165) is 23.3 Å². The minimum Gasteiger partial charge on any atom is -0.445 e. The number of halogens is 3. The SMILES string of the molecule is F[B-](F)(F)c1ccc(/C=C/C=C/c2ccccc2)cc1. The molecule has 0 aliphatic rings. The molecule has 0 N–H and O–H groups in total. The molecule has 0 spiro atoms. The normalized spacial score (nSPS) is 12.3. The smallest absolute Gasteiger partial charge is 0.445 e. The van der Waals surface area contributed by atoms with Crippen molar-refractivity contribution in [3.63, 3.8) is 0 Å². The molecule has 0 heterocycles. The van der Waals surface area contributed by atoms with Crippen LogP contribution >= 0.6 is 0 Å². The second-order valence-corrected chi connectivity index (χ2v) is 4.37. The molecule has 4 heteroatoms. The van der Waals surface area contributed by atoms with Gasteiger partial charge >= 0.3 is 6.98 Å². The van der Waals surface area contributed by atoms with Crippen molar-refractivity contribution >= 4 is 24.6 Å². The molecular weight excluding hydrogens is 260 g/mol. The fourth-order valence-electron chi connectivity index (χ4n) is 1.72. The van der Waals surface area contributed by atoms with E-state index in [2.05, 4.69) is 0 Å². The fraction of sp³-hybridized carbons (Fsp3) is 0. The van der Waals surface area contributed by atoms with Crippen molar-refractivity contribution in [3.05, 3.63) is 77.9 Å². The first-order valence-electron chi connectivity index (χ1n) is 6.25. The fourth-order valence-corrected chi connectivity index (χ4v) is 1.72. The maximum absolute atomic E-state index is 12.4. The lowest BCUT2D eigenvalue weighted by molar-refractivity contribution is 0.501. The first-order chi connectivity index (χ1) is 9.55. The number of hydrogen-bond donors (Lipinski definition) is 0. The van der Waals surface area contributed by atoms with Gasteiger partial charge in [-0.3, -0.25) is 0 Å². The van der Waals surface area contributed by atoms with Gasteiger partial charge in [0, 0.05) is 0 Å². The molecule has 2 aromatic rings. The Morgan fingerprint density at radius 3 is 1.65 bits per heavy atom. The topological polar surface area (TPSA) is 0 Å². The van der Waals surface area contributed by atoms with Gasteiger partial charge in [-0.25, -0.2) is 0 Å². The third-order valence-corrected chi connectivity index (χ3v) is 2.80. The highest BCUT2D eigenvalue weighted by Crippen LogP contribution is 2.10. The average molecular weight is 273 g/mol. The zero-order valence-corrected chi connectivity index (χ0v) is 10.7. The molecule has 0 atom stereocenters. The summed E-state index contributed by atoms with van der Waals surface area (Å²) in [4.78, 5) is 0. The van der Waals surface area contributed by atoms with Crippen LogP contribution in [-0.4, -0.2) is 6.98 Å². The van der Waals surface area contributed by atoms with Crippen LogP contribution < -0.4 is 5.46 Å². The Morgan fingerprint density at radius 2 is 1.15 bits per heavy atom. The molecule has 102 valence electrons. The summed E-state index contributed by atoms with van der Waals surface area (Å²) in [7, 11) is 0. The second-order valence-electron chi connectivity index (χ2n) is 4.37. The van der Waals surface area contributed by atoms with Gasteiger partial charge in [-0.15, -0.1) is 5.46 Å². The second kappa shape index (κ2) is 6.28. The van der Waals surface area contributed by atoms with Crippen LogP contribution in [0.15, 0.2) is 66.7 Å². The van der Waals surface area contributed by atoms with Gasteiger partial charge in [-0.2, -0.15) is 0 Å². The number of hydrogen-bond acceptors (Lipinski definition) is 0. The molecule has 2 aromatic carbocycles. The summed E-state index contributed by atoms with van der Waals surface area (Å²) in [5.74, 6) is 0. The third kappa shape index (κ3) is 4.16. The van der Waals surface area contributed by atoms with Crippen LogP contribution in [0.4, 0.5) is 12.9 Å². The van der Waals surface area contributed by atoms with Crippen molar-refractivity contribution in [2.45, 2.75) is 0 Å². The molecule has 0 saturated heterocycles. The zero-order valence-electron chi connectivity index (χ0n) is 10.7. The van der Waals surface area contributed by atoms with E-state index < -0.39 is 12.4 Å². The van der Waals surface area contributed by atoms with E-state index in [1.165, 1.54) is 12.1 Å². The highest BCUT2D eigenvalue weighted by atomic mass is 19.4. The molecular formula is C16H13BF3-. The van der Waals surface area contributed by atoms with Crippen LogP contribution in [0.5, 0.6) is 0 Å². The Morgan fingerprint density at radius 1 is 0.650 bits per heavy atom. The standard InChI is InChI=1S/C16H13BF3/c18-17(19,20)16-12-10-15(11-13-16)9-5-4-8-14-6-2-1-3-7-14/h1-13H/q-1/b8-4+,9-5+. The van der Waals surface area contributed by atoms with Crippen LogP contribution in [-0.2, 0) is 0 Å². The molecule has 0 nitrogen and oxygen atoms in total. The number of benzene rings is 2. The number of allylic oxidation sites excluding steroid dienone is 2. The van der Waals surface area contributed by atoms with Crippen molar-refractivity contribution in [1.29, 1.82) is 0 Å². The molecule has 0 aliphatic heterocycles. The highest BCUT2D eigenvalue weighted by Gasteiger charge is 2.24. The first-order valence-corrected chi connectivity index (χ1v) is 6.25. The quantitative estimate of drug-likeness (QED) is 0.569. The number of rotatable bonds is 4. The Kier molecular flexibility index (Phi) is 4.46. The molecule has 0 saturated carbocycles. The molecule has 0 radical (unpaired) electrons. The average Bonchev–Trinajstić information content (AvgIpc) is 2.44. The molecule has 0 fully saturated rings. The van der Waals surface area contributed by atoms with Gasteiger partial charge in [0.25, 0.3) is 0 Å². The van der Waals surface area contributed by atoms with Gasteiger partial charge in [-0.05, 0) is 11.1 Å². The van der Waals surface area contributed by atoms with Crippen LogP contribution in [0.3, 0.4) is 0 Å². The van der Waals surface area contributed by atoms with Crippen LogP contribution in [0.1, 0.15) is 11.1 Å². The minimum atomic E-state index is -4.91. The summed E-state index contributed by atoms with van der Waals surface area (Å²) in [6, 6.07) is 14.9. The zero-order chi connectivity index (χ0) is 14.4. The maximum Gasteiger partial charge on any atom is 0.509 e. The molecule has 2 rings (SSSR count). The first kappa shape index (κ1) is 14.2. The monoisotopic (exact) mass is 273 g/mol. The molecule has 0 aromatic heterocycles. The van der Waals surface area contributed by atoms with E-state index >= 15 is 0 Å². The van der Waals surface area contributed by atoms with Gasteiger partial charge in [0.05, 0.1) is 0 Å². The molecule has 0 bridgehead atoms. The Bertz CT molecular complexity index is 596. The lowest BCUT2D eigenvalue weighted by atomic mass is 9.80. The van der Waals surface area contributed by atoms with Gasteiger partial charge in [0.15, 0.2) is 0 Å². The van der Waals surface area contributed by atoms with Crippen LogP contribution in [0, 0.1) is 0 Å². The van der Waals surface area contributed by atoms with Gasteiger partial charge in [-0.1, -0.05) is 78.9 Å². The van der Waals surface area contributed by atoms with Crippen LogP contribution in [0.2, 0.25) is 0 Å². The summed E-state index contributed by atoms with van der Waals surface area (Å²) in [5, 5.41) is 0. The van der Waals surface area contributed by atoms with Crippen molar-refractivity contribution in [2.24, 2.45) is 0 Å². The van der Waals surface area contributed by atoms with Crippen LogP contribution in [0.25, 0.3) is 12.2 Å². The van der Waals surface area contributed by atoms with Crippen molar-refractivity contribution in [2.75, 3.05) is 0 Å². The molecule has 0 unspecified atom stereocenters. The maximum atomic E-state index is 12.4. The van der Waals surface area contributed by atoms with E-state index in [4.69, 9.17) is 0 Å². The minimum absolute atomic E-state index is 0.568. The van der Waals surface area contributed by atoms with Crippen molar-refractivity contribution in [3.8, 4) is 0 Å². The predicted molar refractivity (Wildman–Crippen MR) is 79.7 cm³/mol. The van der Waals surface area contributed by atoms with E-state index in [-0.39, 0.29) is 0 Å². The Labute approximate surface area is 116 Å². The Balaban J connectivity index is 2.00. The predicted octanol–water partition coefficient (Wildman–Crippen LogP) is 4.47. The summed E-state index contributed by atoms with van der Waals surface area (Å²) in [5.41, 5.74) is 1.25. The summed E-state index contributed by atoms with van der Waals surface area (Å²) in [6.07, 6.45) is 7.37. The summed E-state index contributed by atoms with van der Waals surface area (Å²) in [6.45, 7) is -4.91. The van der Waals surface area contributed by atoms with E-state index in [1.54, 1.807) is 12.2 Å². The van der Waals surface area contributed by atoms with Gasteiger partial charge < -0.3 is 12.9 Å². The Hall–Kier alpha value is -2.23. The van der Waals surface area contributed by atoms with Gasteiger partial charge in [0.2, 0.25) is 0 Å². The van der Waals surface area contributed by atoms with Gasteiger partial charge in [0.1, 0.15) is 0 Å². The molecule has 20 heavy (non-hydrogen) atoms. The van der Waals surface area contributed by atoms with E-state index in [0.29, 0.717) is 0 Å². The largest absolute Gasteiger partial charge is 0.509 e.